The summed E-state index contributed by atoms with van der Waals surface area (Å²) in [5, 5.41) is 12.3. The van der Waals surface area contributed by atoms with Gasteiger partial charge in [-0.2, -0.15) is 10.2 Å². The zero-order valence-corrected chi connectivity index (χ0v) is 18.6. The number of rotatable bonds is 3. The lowest BCUT2D eigenvalue weighted by molar-refractivity contribution is -0.119. The van der Waals surface area contributed by atoms with Crippen LogP contribution in [0.2, 0.25) is 0 Å². The third-order valence-electron chi connectivity index (χ3n) is 6.89. The molecule has 0 spiro atoms. The summed E-state index contributed by atoms with van der Waals surface area (Å²) in [6.07, 6.45) is 5.70. The Bertz CT molecular complexity index is 1170. The van der Waals surface area contributed by atoms with E-state index in [9.17, 15) is 4.79 Å². The maximum absolute atomic E-state index is 13.6. The van der Waals surface area contributed by atoms with Crippen LogP contribution < -0.4 is 5.32 Å². The summed E-state index contributed by atoms with van der Waals surface area (Å²) in [5.74, 6) is 0.233. The van der Waals surface area contributed by atoms with Gasteiger partial charge >= 0.3 is 0 Å². The smallest absolute Gasteiger partial charge is 0.164 e. The first-order valence-electron chi connectivity index (χ1n) is 11.0. The lowest BCUT2D eigenvalue weighted by Crippen LogP contribution is -2.51. The summed E-state index contributed by atoms with van der Waals surface area (Å²) < 4.78 is 0. The van der Waals surface area contributed by atoms with Crippen LogP contribution in [0.1, 0.15) is 51.3 Å². The molecular weight excluding hydrogens is 384 g/mol. The van der Waals surface area contributed by atoms with Crippen LogP contribution in [0.5, 0.6) is 0 Å². The van der Waals surface area contributed by atoms with Gasteiger partial charge in [-0.05, 0) is 60.1 Å². The fourth-order valence-electron chi connectivity index (χ4n) is 5.58. The molecule has 1 aromatic carbocycles. The van der Waals surface area contributed by atoms with Gasteiger partial charge in [0.25, 0.3) is 0 Å². The molecule has 2 unspecified atom stereocenters. The van der Waals surface area contributed by atoms with Gasteiger partial charge in [-0.3, -0.25) is 9.78 Å². The minimum atomic E-state index is -0.513. The molecule has 31 heavy (non-hydrogen) atoms. The number of carbonyl (C=O) groups is 1. The van der Waals surface area contributed by atoms with Gasteiger partial charge in [-0.25, -0.2) is 0 Å². The van der Waals surface area contributed by atoms with Crippen molar-refractivity contribution in [2.45, 2.75) is 58.5 Å². The van der Waals surface area contributed by atoms with Crippen molar-refractivity contribution in [2.24, 2.45) is 15.6 Å². The average molecular weight is 413 g/mol. The van der Waals surface area contributed by atoms with Gasteiger partial charge in [-0.15, -0.1) is 0 Å². The Morgan fingerprint density at radius 3 is 2.71 bits per heavy atom. The quantitative estimate of drug-likeness (QED) is 0.711. The minimum absolute atomic E-state index is 0.0597. The summed E-state index contributed by atoms with van der Waals surface area (Å²) in [5.41, 5.74) is 6.83. The number of carbonyl (C=O) groups excluding carboxylic acids is 1. The Hall–Kier alpha value is -3.08. The predicted octanol–water partition coefficient (Wildman–Crippen LogP) is 5.63. The number of ketones is 1. The molecule has 0 fully saturated rings. The Morgan fingerprint density at radius 1 is 1.13 bits per heavy atom. The number of nitrogens with one attached hydrogen (secondary N) is 1. The minimum Gasteiger partial charge on any atom is -0.362 e. The van der Waals surface area contributed by atoms with Gasteiger partial charge in [-0.1, -0.05) is 39.0 Å². The maximum atomic E-state index is 13.6. The third-order valence-corrected chi connectivity index (χ3v) is 6.89. The molecule has 5 nitrogen and oxygen atoms in total. The fraction of sp³-hybridized carbons (Fsp3) is 0.385. The van der Waals surface area contributed by atoms with Gasteiger partial charge in [0.15, 0.2) is 11.9 Å². The van der Waals surface area contributed by atoms with Crippen molar-refractivity contribution in [3.8, 4) is 11.1 Å². The highest BCUT2D eigenvalue weighted by molar-refractivity contribution is 6.01. The highest BCUT2D eigenvalue weighted by atomic mass is 16.1. The molecule has 158 valence electrons. The second-order valence-corrected chi connectivity index (χ2v) is 9.68. The zero-order chi connectivity index (χ0) is 21.8. The van der Waals surface area contributed by atoms with E-state index in [0.717, 1.165) is 52.1 Å². The molecule has 1 aromatic heterocycles. The molecule has 2 atom stereocenters. The van der Waals surface area contributed by atoms with E-state index in [0.29, 0.717) is 6.42 Å². The van der Waals surface area contributed by atoms with Crippen molar-refractivity contribution >= 4 is 5.78 Å². The van der Waals surface area contributed by atoms with Crippen molar-refractivity contribution < 1.29 is 4.79 Å². The summed E-state index contributed by atoms with van der Waals surface area (Å²) >= 11 is 0. The Kier molecular flexibility index (Phi) is 4.47. The molecule has 1 aliphatic carbocycles. The molecule has 2 aliphatic heterocycles. The highest BCUT2D eigenvalue weighted by Gasteiger charge is 2.52. The molecule has 1 N–H and O–H groups in total. The molecule has 5 heteroatoms. The molecule has 0 bridgehead atoms. The lowest BCUT2D eigenvalue weighted by atomic mass is 9.58. The number of pyridine rings is 1. The van der Waals surface area contributed by atoms with Crippen molar-refractivity contribution in [3.05, 3.63) is 76.9 Å². The number of hydrogen-bond acceptors (Lipinski definition) is 5. The fourth-order valence-corrected chi connectivity index (χ4v) is 5.58. The molecule has 0 amide bonds. The first-order chi connectivity index (χ1) is 14.8. The SMILES string of the molecule is CCC1(c2cccc(-c3ccnc(C)c3)c2)C2=CN=NC2NC2=C1C(=O)CC(C)(C)C2. The molecule has 0 saturated carbocycles. The van der Waals surface area contributed by atoms with Crippen LogP contribution in [0.15, 0.2) is 75.9 Å². The van der Waals surface area contributed by atoms with E-state index in [-0.39, 0.29) is 17.4 Å². The maximum Gasteiger partial charge on any atom is 0.164 e. The van der Waals surface area contributed by atoms with E-state index in [1.165, 1.54) is 0 Å². The van der Waals surface area contributed by atoms with Crippen LogP contribution in [0.3, 0.4) is 0 Å². The highest BCUT2D eigenvalue weighted by Crippen LogP contribution is 2.53. The lowest BCUT2D eigenvalue weighted by Gasteiger charge is -2.47. The molecule has 0 saturated heterocycles. The van der Waals surface area contributed by atoms with Crippen molar-refractivity contribution in [1.82, 2.24) is 10.3 Å². The van der Waals surface area contributed by atoms with Crippen LogP contribution in [0.4, 0.5) is 0 Å². The number of aromatic nitrogens is 1. The van der Waals surface area contributed by atoms with Gasteiger partial charge in [0.2, 0.25) is 0 Å². The van der Waals surface area contributed by atoms with Gasteiger partial charge in [0.1, 0.15) is 0 Å². The molecule has 0 radical (unpaired) electrons. The van der Waals surface area contributed by atoms with E-state index in [1.807, 2.05) is 25.4 Å². The van der Waals surface area contributed by atoms with Crippen molar-refractivity contribution in [3.63, 3.8) is 0 Å². The number of Topliss-reactive ketones (excluding diaryl/α,β-unsaturated/α-hetero) is 1. The van der Waals surface area contributed by atoms with Crippen molar-refractivity contribution in [1.29, 1.82) is 0 Å². The first kappa shape index (κ1) is 19.9. The van der Waals surface area contributed by atoms with Gasteiger partial charge in [0, 0.05) is 35.2 Å². The Morgan fingerprint density at radius 2 is 1.94 bits per heavy atom. The van der Waals surface area contributed by atoms with Crippen LogP contribution in [-0.2, 0) is 10.2 Å². The number of hydrogen-bond donors (Lipinski definition) is 1. The van der Waals surface area contributed by atoms with Crippen LogP contribution in [0.25, 0.3) is 11.1 Å². The number of azo groups is 1. The second-order valence-electron chi connectivity index (χ2n) is 9.68. The van der Waals surface area contributed by atoms with Crippen LogP contribution >= 0.6 is 0 Å². The second kappa shape index (κ2) is 6.98. The van der Waals surface area contributed by atoms with E-state index in [4.69, 9.17) is 0 Å². The molecular formula is C26H28N4O. The average Bonchev–Trinajstić information content (AvgIpc) is 3.20. The normalized spacial score (nSPS) is 26.3. The molecule has 2 aromatic rings. The van der Waals surface area contributed by atoms with E-state index in [1.54, 1.807) is 0 Å². The summed E-state index contributed by atoms with van der Waals surface area (Å²) in [6.45, 7) is 8.50. The number of nitrogens with zero attached hydrogens (tertiary/aromatic N) is 3. The van der Waals surface area contributed by atoms with E-state index < -0.39 is 5.41 Å². The van der Waals surface area contributed by atoms with Crippen LogP contribution in [-0.4, -0.2) is 16.9 Å². The number of fused-ring (bicyclic) bond motifs is 1. The molecule has 3 heterocycles. The third kappa shape index (κ3) is 3.06. The number of aryl methyl sites for hydroxylation is 1. The topological polar surface area (TPSA) is 66.7 Å². The number of allylic oxidation sites excluding steroid dienone is 2. The Labute approximate surface area is 183 Å². The summed E-state index contributed by atoms with van der Waals surface area (Å²) in [4.78, 5) is 17.9. The number of benzene rings is 1. The monoisotopic (exact) mass is 412 g/mol. The van der Waals surface area contributed by atoms with E-state index >= 15 is 0 Å². The largest absolute Gasteiger partial charge is 0.362 e. The summed E-state index contributed by atoms with van der Waals surface area (Å²) in [7, 11) is 0. The molecule has 3 aliphatic rings. The van der Waals surface area contributed by atoms with Gasteiger partial charge in [0.05, 0.1) is 11.6 Å². The Balaban J connectivity index is 1.73. The van der Waals surface area contributed by atoms with Crippen LogP contribution in [0, 0.1) is 12.3 Å². The van der Waals surface area contributed by atoms with Gasteiger partial charge < -0.3 is 5.32 Å². The predicted molar refractivity (Wildman–Crippen MR) is 121 cm³/mol. The van der Waals surface area contributed by atoms with Crippen molar-refractivity contribution in [2.75, 3.05) is 0 Å². The van der Waals surface area contributed by atoms with E-state index in [2.05, 4.69) is 71.6 Å². The summed E-state index contributed by atoms with van der Waals surface area (Å²) in [6, 6.07) is 12.7. The zero-order valence-electron chi connectivity index (χ0n) is 18.6. The standard InChI is InChI=1S/C26H28N4O/c1-5-26(19-8-6-7-17(12-19)18-9-10-27-16(2)11-18)20-15-28-30-24(20)29-21-13-25(3,4)14-22(31)23(21)26/h6-12,15,24,29H,5,13-14H2,1-4H3. The first-order valence-corrected chi connectivity index (χ1v) is 11.0. The molecule has 5 rings (SSSR count).